The maximum absolute atomic E-state index is 12.7. The van der Waals surface area contributed by atoms with Crippen LogP contribution in [-0.2, 0) is 27.3 Å². The molecular formula is C27H36N2O3. The highest BCUT2D eigenvalue weighted by atomic mass is 16.2. The van der Waals surface area contributed by atoms with Crippen LogP contribution in [0.25, 0.3) is 11.1 Å². The van der Waals surface area contributed by atoms with Gasteiger partial charge in [-0.2, -0.15) is 0 Å². The summed E-state index contributed by atoms with van der Waals surface area (Å²) in [5.74, 6) is -0.393. The van der Waals surface area contributed by atoms with Crippen molar-refractivity contribution >= 4 is 17.6 Å². The summed E-state index contributed by atoms with van der Waals surface area (Å²) in [6.07, 6.45) is 0.461. The van der Waals surface area contributed by atoms with Gasteiger partial charge in [0.25, 0.3) is 0 Å². The van der Waals surface area contributed by atoms with E-state index >= 15 is 0 Å². The number of ketones is 1. The van der Waals surface area contributed by atoms with Crippen molar-refractivity contribution in [2.24, 2.45) is 17.8 Å². The van der Waals surface area contributed by atoms with E-state index in [1.807, 2.05) is 84.0 Å². The van der Waals surface area contributed by atoms with E-state index in [1.54, 1.807) is 0 Å². The molecule has 0 saturated carbocycles. The topological polar surface area (TPSA) is 75.3 Å². The summed E-state index contributed by atoms with van der Waals surface area (Å²) in [5, 5.41) is 5.85. The van der Waals surface area contributed by atoms with Crippen LogP contribution in [-0.4, -0.2) is 23.6 Å². The number of carbonyl (C=O) groups is 3. The molecule has 0 spiro atoms. The molecule has 5 heteroatoms. The normalized spacial score (nSPS) is 12.2. The summed E-state index contributed by atoms with van der Waals surface area (Å²) in [7, 11) is 0. The lowest BCUT2D eigenvalue weighted by Gasteiger charge is -2.21. The lowest BCUT2D eigenvalue weighted by atomic mass is 9.93. The smallest absolute Gasteiger partial charge is 0.223 e. The van der Waals surface area contributed by atoms with Crippen LogP contribution >= 0.6 is 0 Å². The largest absolute Gasteiger partial charge is 0.352 e. The van der Waals surface area contributed by atoms with E-state index in [9.17, 15) is 14.4 Å². The molecule has 0 unspecified atom stereocenters. The number of rotatable bonds is 10. The highest BCUT2D eigenvalue weighted by Gasteiger charge is 2.24. The van der Waals surface area contributed by atoms with E-state index in [0.29, 0.717) is 13.0 Å². The number of hydrogen-bond donors (Lipinski definition) is 2. The molecule has 32 heavy (non-hydrogen) atoms. The van der Waals surface area contributed by atoms with Gasteiger partial charge in [-0.3, -0.25) is 14.4 Å². The Labute approximate surface area is 192 Å². The van der Waals surface area contributed by atoms with Crippen LogP contribution in [0.4, 0.5) is 0 Å². The van der Waals surface area contributed by atoms with Gasteiger partial charge in [-0.15, -0.1) is 0 Å². The van der Waals surface area contributed by atoms with Crippen molar-refractivity contribution in [3.8, 4) is 11.1 Å². The van der Waals surface area contributed by atoms with Gasteiger partial charge in [0.2, 0.25) is 11.8 Å². The molecular weight excluding hydrogens is 400 g/mol. The molecule has 0 aliphatic rings. The van der Waals surface area contributed by atoms with Crippen molar-refractivity contribution in [2.75, 3.05) is 0 Å². The predicted molar refractivity (Wildman–Crippen MR) is 129 cm³/mol. The van der Waals surface area contributed by atoms with Crippen molar-refractivity contribution in [3.63, 3.8) is 0 Å². The Morgan fingerprint density at radius 1 is 0.719 bits per heavy atom. The second-order valence-electron chi connectivity index (χ2n) is 9.25. The fourth-order valence-corrected chi connectivity index (χ4v) is 3.29. The van der Waals surface area contributed by atoms with Gasteiger partial charge in [-0.1, -0.05) is 90.1 Å². The molecule has 2 aromatic carbocycles. The van der Waals surface area contributed by atoms with Crippen LogP contribution in [0.15, 0.2) is 48.5 Å². The van der Waals surface area contributed by atoms with Crippen molar-refractivity contribution in [2.45, 2.75) is 60.5 Å². The van der Waals surface area contributed by atoms with Gasteiger partial charge in [-0.05, 0) is 28.7 Å². The molecule has 2 N–H and O–H groups in total. The third-order valence-corrected chi connectivity index (χ3v) is 5.40. The first-order chi connectivity index (χ1) is 15.1. The molecule has 0 saturated heterocycles. The van der Waals surface area contributed by atoms with Crippen LogP contribution in [0.1, 0.15) is 52.7 Å². The Morgan fingerprint density at radius 3 is 1.91 bits per heavy atom. The molecule has 0 aliphatic heterocycles. The summed E-state index contributed by atoms with van der Waals surface area (Å²) in [6, 6.07) is 15.6. The molecule has 2 rings (SSSR count). The number of hydrogen-bond acceptors (Lipinski definition) is 3. The van der Waals surface area contributed by atoms with Gasteiger partial charge in [0.1, 0.15) is 0 Å². The lowest BCUT2D eigenvalue weighted by Crippen LogP contribution is -2.45. The van der Waals surface area contributed by atoms with E-state index in [0.717, 1.165) is 22.3 Å². The third-order valence-electron chi connectivity index (χ3n) is 5.40. The van der Waals surface area contributed by atoms with Crippen LogP contribution in [0.5, 0.6) is 0 Å². The number of carbonyl (C=O) groups excluding carboxylic acids is 3. The van der Waals surface area contributed by atoms with Crippen molar-refractivity contribution < 1.29 is 14.4 Å². The second kappa shape index (κ2) is 11.6. The fraction of sp³-hybridized carbons (Fsp3) is 0.444. The average molecular weight is 437 g/mol. The van der Waals surface area contributed by atoms with Gasteiger partial charge in [0, 0.05) is 24.3 Å². The van der Waals surface area contributed by atoms with Crippen molar-refractivity contribution in [1.29, 1.82) is 0 Å². The van der Waals surface area contributed by atoms with Gasteiger partial charge < -0.3 is 10.6 Å². The van der Waals surface area contributed by atoms with Gasteiger partial charge >= 0.3 is 0 Å². The predicted octanol–water partition coefficient (Wildman–Crippen LogP) is 4.53. The first kappa shape index (κ1) is 25.3. The summed E-state index contributed by atoms with van der Waals surface area (Å²) in [5.41, 5.74) is 4.15. The Balaban J connectivity index is 2.15. The summed E-state index contributed by atoms with van der Waals surface area (Å²) >= 11 is 0. The molecule has 2 aromatic rings. The van der Waals surface area contributed by atoms with E-state index in [1.165, 1.54) is 0 Å². The molecule has 0 fully saturated rings. The van der Waals surface area contributed by atoms with Gasteiger partial charge in [0.05, 0.1) is 6.04 Å². The molecule has 0 aromatic heterocycles. The molecule has 0 radical (unpaired) electrons. The second-order valence-corrected chi connectivity index (χ2v) is 9.25. The Bertz CT molecular complexity index is 930. The first-order valence-electron chi connectivity index (χ1n) is 11.4. The average Bonchev–Trinajstić information content (AvgIpc) is 2.76. The van der Waals surface area contributed by atoms with E-state index in [-0.39, 0.29) is 35.4 Å². The maximum atomic E-state index is 12.7. The van der Waals surface area contributed by atoms with E-state index in [2.05, 4.69) is 16.7 Å². The minimum absolute atomic E-state index is 0.0336. The molecule has 172 valence electrons. The highest BCUT2D eigenvalue weighted by molar-refractivity contribution is 5.91. The maximum Gasteiger partial charge on any atom is 0.223 e. The molecule has 1 atom stereocenters. The summed E-state index contributed by atoms with van der Waals surface area (Å²) < 4.78 is 0. The number of Topliss-reactive ketones (excluding diaryl/α,β-unsaturated/α-hetero) is 1. The molecule has 0 heterocycles. The van der Waals surface area contributed by atoms with E-state index in [4.69, 9.17) is 0 Å². The standard InChI is InChI=1S/C27H36N2O3/c1-17(2)25(30)24(29-27(32)19(5)6)15-21-8-7-9-23(14-21)22-12-10-20(11-13-22)16-28-26(31)18(3)4/h7-14,17-19,24H,15-16H2,1-6H3,(H,28,31)(H,29,32)/t24-/m0/s1. The minimum atomic E-state index is -0.535. The minimum Gasteiger partial charge on any atom is -0.352 e. The zero-order valence-corrected chi connectivity index (χ0v) is 20.1. The van der Waals surface area contributed by atoms with Crippen molar-refractivity contribution in [3.05, 3.63) is 59.7 Å². The van der Waals surface area contributed by atoms with Crippen molar-refractivity contribution in [1.82, 2.24) is 10.6 Å². The van der Waals surface area contributed by atoms with Crippen LogP contribution in [0, 0.1) is 17.8 Å². The number of nitrogens with one attached hydrogen (secondary N) is 2. The van der Waals surface area contributed by atoms with E-state index < -0.39 is 6.04 Å². The zero-order valence-electron chi connectivity index (χ0n) is 20.1. The van der Waals surface area contributed by atoms with Crippen LogP contribution < -0.4 is 10.6 Å². The quantitative estimate of drug-likeness (QED) is 0.574. The lowest BCUT2D eigenvalue weighted by molar-refractivity contribution is -0.130. The Kier molecular flexibility index (Phi) is 9.18. The molecule has 0 bridgehead atoms. The van der Waals surface area contributed by atoms with Gasteiger partial charge in [-0.25, -0.2) is 0 Å². The molecule has 5 nitrogen and oxygen atoms in total. The number of benzene rings is 2. The fourth-order valence-electron chi connectivity index (χ4n) is 3.29. The summed E-state index contributed by atoms with van der Waals surface area (Å²) in [4.78, 5) is 36.7. The first-order valence-corrected chi connectivity index (χ1v) is 11.4. The molecule has 0 aliphatic carbocycles. The monoisotopic (exact) mass is 436 g/mol. The zero-order chi connectivity index (χ0) is 23.8. The Morgan fingerprint density at radius 2 is 1.34 bits per heavy atom. The third kappa shape index (κ3) is 7.33. The summed E-state index contributed by atoms with van der Waals surface area (Å²) in [6.45, 7) is 11.6. The van der Waals surface area contributed by atoms with Gasteiger partial charge in [0.15, 0.2) is 5.78 Å². The SMILES string of the molecule is CC(C)C(=O)NCc1ccc(-c2cccc(C[C@H](NC(=O)C(C)C)C(=O)C(C)C)c2)cc1. The van der Waals surface area contributed by atoms with Crippen LogP contribution in [0.2, 0.25) is 0 Å². The molecule has 2 amide bonds. The Hall–Kier alpha value is -2.95. The van der Waals surface area contributed by atoms with Crippen LogP contribution in [0.3, 0.4) is 0 Å². The number of amides is 2. The highest BCUT2D eigenvalue weighted by Crippen LogP contribution is 2.22.